The molecule has 6 nitrogen and oxygen atoms in total. The Kier molecular flexibility index (Phi) is 8.32. The van der Waals surface area contributed by atoms with Gasteiger partial charge in [0.05, 0.1) is 24.2 Å². The lowest BCUT2D eigenvalue weighted by Gasteiger charge is -2.43. The molecule has 0 spiro atoms. The number of fused-ring (bicyclic) bond motifs is 2. The highest BCUT2D eigenvalue weighted by Crippen LogP contribution is 2.54. The summed E-state index contributed by atoms with van der Waals surface area (Å²) in [6.45, 7) is 9.17. The zero-order valence-electron chi connectivity index (χ0n) is 21.8. The second-order valence-electron chi connectivity index (χ2n) is 10.4. The summed E-state index contributed by atoms with van der Waals surface area (Å²) in [5.74, 6) is -1.94. The minimum absolute atomic E-state index is 0.00508. The normalized spacial score (nSPS) is 25.3. The summed E-state index contributed by atoms with van der Waals surface area (Å²) in [7, 11) is 0. The number of allylic oxidation sites excluding steroid dienone is 12. The lowest BCUT2D eigenvalue weighted by Crippen LogP contribution is -2.40. The number of aliphatic hydroxyl groups excluding tert-OH is 5. The molecule has 6 heteroatoms. The van der Waals surface area contributed by atoms with Crippen molar-refractivity contribution in [3.05, 3.63) is 92.7 Å². The van der Waals surface area contributed by atoms with E-state index < -0.39 is 17.1 Å². The van der Waals surface area contributed by atoms with Crippen LogP contribution in [-0.4, -0.2) is 44.5 Å². The van der Waals surface area contributed by atoms with Crippen molar-refractivity contribution in [1.82, 2.24) is 0 Å². The summed E-state index contributed by atoms with van der Waals surface area (Å²) < 4.78 is 0. The molecular weight excluding hydrogens is 456 g/mol. The van der Waals surface area contributed by atoms with E-state index in [1.165, 1.54) is 0 Å². The van der Waals surface area contributed by atoms with Crippen LogP contribution in [0.5, 0.6) is 0 Å². The third kappa shape index (κ3) is 5.06. The molecule has 0 amide bonds. The summed E-state index contributed by atoms with van der Waals surface area (Å²) in [5.41, 5.74) is 3.67. The van der Waals surface area contributed by atoms with Crippen molar-refractivity contribution in [2.75, 3.05) is 13.2 Å². The monoisotopic (exact) mass is 494 g/mol. The largest absolute Gasteiger partial charge is 0.511 e. The van der Waals surface area contributed by atoms with E-state index in [4.69, 9.17) is 0 Å². The van der Waals surface area contributed by atoms with E-state index in [2.05, 4.69) is 0 Å². The highest BCUT2D eigenvalue weighted by atomic mass is 16.3. The molecule has 0 aromatic carbocycles. The molecule has 3 atom stereocenters. The van der Waals surface area contributed by atoms with Crippen LogP contribution in [0.15, 0.2) is 92.7 Å². The Labute approximate surface area is 213 Å². The maximum absolute atomic E-state index is 13.2. The van der Waals surface area contributed by atoms with Gasteiger partial charge in [0.25, 0.3) is 0 Å². The maximum atomic E-state index is 13.2. The molecule has 0 aliphatic heterocycles. The number of rotatable bonds is 8. The molecule has 0 saturated heterocycles. The van der Waals surface area contributed by atoms with Crippen molar-refractivity contribution in [3.63, 3.8) is 0 Å². The van der Waals surface area contributed by atoms with Gasteiger partial charge in [-0.15, -0.1) is 0 Å². The maximum Gasteiger partial charge on any atom is 0.173 e. The van der Waals surface area contributed by atoms with E-state index >= 15 is 0 Å². The molecule has 36 heavy (non-hydrogen) atoms. The van der Waals surface area contributed by atoms with Crippen LogP contribution in [0.3, 0.4) is 0 Å². The fourth-order valence-electron chi connectivity index (χ4n) is 5.11. The Hall–Kier alpha value is -3.09. The highest BCUT2D eigenvalue weighted by molar-refractivity contribution is 5.99. The van der Waals surface area contributed by atoms with Gasteiger partial charge >= 0.3 is 0 Å². The highest BCUT2D eigenvalue weighted by Gasteiger charge is 2.50. The molecule has 5 N–H and O–H groups in total. The van der Waals surface area contributed by atoms with Crippen molar-refractivity contribution in [3.8, 4) is 0 Å². The van der Waals surface area contributed by atoms with Crippen LogP contribution in [0.4, 0.5) is 0 Å². The van der Waals surface area contributed by atoms with E-state index in [0.717, 1.165) is 22.8 Å². The second-order valence-corrected chi connectivity index (χ2v) is 10.4. The molecule has 0 aromatic rings. The van der Waals surface area contributed by atoms with Crippen LogP contribution < -0.4 is 0 Å². The van der Waals surface area contributed by atoms with Gasteiger partial charge in [0.1, 0.15) is 23.2 Å². The smallest absolute Gasteiger partial charge is 0.173 e. The zero-order chi connectivity index (χ0) is 26.8. The summed E-state index contributed by atoms with van der Waals surface area (Å²) in [6.07, 6.45) is 11.7. The molecule has 3 aliphatic carbocycles. The first-order valence-electron chi connectivity index (χ1n) is 12.4. The summed E-state index contributed by atoms with van der Waals surface area (Å²) in [5, 5.41) is 53.0. The van der Waals surface area contributed by atoms with E-state index in [0.29, 0.717) is 29.6 Å². The van der Waals surface area contributed by atoms with Gasteiger partial charge in [-0.05, 0) is 69.2 Å². The van der Waals surface area contributed by atoms with Crippen molar-refractivity contribution in [2.24, 2.45) is 17.3 Å². The lowest BCUT2D eigenvalue weighted by atomic mass is 9.60. The minimum Gasteiger partial charge on any atom is -0.511 e. The molecule has 0 radical (unpaired) electrons. The molecule has 0 aromatic heterocycles. The number of carbonyl (C=O) groups excluding carboxylic acids is 1. The first-order valence-corrected chi connectivity index (χ1v) is 12.4. The fourth-order valence-corrected chi connectivity index (χ4v) is 5.11. The van der Waals surface area contributed by atoms with Crippen LogP contribution in [-0.2, 0) is 4.79 Å². The Morgan fingerprint density at radius 2 is 1.56 bits per heavy atom. The second kappa shape index (κ2) is 10.9. The SMILES string of the molecule is CC(C)=CCC1=C(O)C2=C(O)C3C(=O)C=C(O)C(CC=C(C)C)(CC=C(CO)CO)C3=CC2=CC1C. The lowest BCUT2D eigenvalue weighted by molar-refractivity contribution is -0.118. The molecule has 0 fully saturated rings. The Balaban J connectivity index is 2.23. The fraction of sp³-hybridized carbons (Fsp3) is 0.433. The summed E-state index contributed by atoms with van der Waals surface area (Å²) >= 11 is 0. The number of aliphatic hydroxyl groups is 5. The zero-order valence-corrected chi connectivity index (χ0v) is 21.8. The van der Waals surface area contributed by atoms with Gasteiger partial charge in [-0.2, -0.15) is 0 Å². The third-order valence-corrected chi connectivity index (χ3v) is 7.30. The number of hydrogen-bond acceptors (Lipinski definition) is 6. The quantitative estimate of drug-likeness (QED) is 0.274. The molecule has 3 rings (SSSR count). The summed E-state index contributed by atoms with van der Waals surface area (Å²) in [4.78, 5) is 13.2. The summed E-state index contributed by atoms with van der Waals surface area (Å²) in [6, 6.07) is 0. The Bertz CT molecular complexity index is 1170. The van der Waals surface area contributed by atoms with Crippen LogP contribution in [0.1, 0.15) is 53.9 Å². The standard InChI is InChI=1S/C30H38O6/c1-17(2)6-7-22-19(5)12-21-13-23-27(29(36)26(21)28(22)35)24(33)14-25(34)30(23,10-8-18(3)4)11-9-20(15-31)16-32/h6,8-9,12-14,19,27,31-32,34-36H,7,10-11,15-16H2,1-5H3. The molecule has 3 aliphatic rings. The Morgan fingerprint density at radius 1 is 0.944 bits per heavy atom. The van der Waals surface area contributed by atoms with Gasteiger partial charge in [0, 0.05) is 12.0 Å². The predicted octanol–water partition coefficient (Wildman–Crippen LogP) is 5.77. The van der Waals surface area contributed by atoms with Crippen LogP contribution >= 0.6 is 0 Å². The molecule has 3 unspecified atom stereocenters. The molecule has 0 heterocycles. The van der Waals surface area contributed by atoms with Gasteiger partial charge < -0.3 is 25.5 Å². The average molecular weight is 495 g/mol. The average Bonchev–Trinajstić information content (AvgIpc) is 2.79. The van der Waals surface area contributed by atoms with Gasteiger partial charge in [-0.1, -0.05) is 48.5 Å². The van der Waals surface area contributed by atoms with E-state index in [1.54, 1.807) is 6.08 Å². The third-order valence-electron chi connectivity index (χ3n) is 7.30. The molecular formula is C30H38O6. The predicted molar refractivity (Wildman–Crippen MR) is 141 cm³/mol. The van der Waals surface area contributed by atoms with Crippen molar-refractivity contribution < 1.29 is 30.3 Å². The van der Waals surface area contributed by atoms with Gasteiger partial charge in [0.15, 0.2) is 5.78 Å². The molecule has 0 saturated carbocycles. The van der Waals surface area contributed by atoms with Crippen LogP contribution in [0.2, 0.25) is 0 Å². The first-order chi connectivity index (χ1) is 17.0. The van der Waals surface area contributed by atoms with Crippen LogP contribution in [0.25, 0.3) is 0 Å². The van der Waals surface area contributed by atoms with Gasteiger partial charge in [0.2, 0.25) is 0 Å². The minimum atomic E-state index is -1.06. The van der Waals surface area contributed by atoms with Gasteiger partial charge in [-0.3, -0.25) is 4.79 Å². The van der Waals surface area contributed by atoms with Crippen LogP contribution in [0, 0.1) is 17.3 Å². The molecule has 0 bridgehead atoms. The number of carbonyl (C=O) groups is 1. The van der Waals surface area contributed by atoms with Crippen molar-refractivity contribution in [2.45, 2.75) is 53.9 Å². The topological polar surface area (TPSA) is 118 Å². The van der Waals surface area contributed by atoms with Crippen molar-refractivity contribution in [1.29, 1.82) is 0 Å². The van der Waals surface area contributed by atoms with E-state index in [1.807, 2.05) is 58.9 Å². The number of hydrogen-bond donors (Lipinski definition) is 5. The van der Waals surface area contributed by atoms with Gasteiger partial charge in [-0.25, -0.2) is 0 Å². The first kappa shape index (κ1) is 27.5. The van der Waals surface area contributed by atoms with E-state index in [-0.39, 0.29) is 48.4 Å². The number of ketones is 1. The van der Waals surface area contributed by atoms with Crippen molar-refractivity contribution >= 4 is 5.78 Å². The Morgan fingerprint density at radius 3 is 2.14 bits per heavy atom. The molecule has 194 valence electrons. The van der Waals surface area contributed by atoms with E-state index in [9.17, 15) is 30.3 Å².